The lowest BCUT2D eigenvalue weighted by Crippen LogP contribution is -2.05. The van der Waals surface area contributed by atoms with Crippen LogP contribution in [0.3, 0.4) is 0 Å². The Morgan fingerprint density at radius 2 is 1.89 bits per heavy atom. The zero-order valence-corrected chi connectivity index (χ0v) is 10.6. The van der Waals surface area contributed by atoms with Crippen molar-refractivity contribution >= 4 is 0 Å². The number of nitrogens with one attached hydrogen (secondary N) is 1. The van der Waals surface area contributed by atoms with Crippen LogP contribution in [0.4, 0.5) is 13.2 Å². The number of hydrogen-bond donors (Lipinski definition) is 1. The molecule has 2 rings (SSSR count). The van der Waals surface area contributed by atoms with Gasteiger partial charge in [-0.3, -0.25) is 0 Å². The van der Waals surface area contributed by atoms with E-state index >= 15 is 0 Å². The van der Waals surface area contributed by atoms with Gasteiger partial charge in [0, 0.05) is 5.56 Å². The highest BCUT2D eigenvalue weighted by Crippen LogP contribution is 2.34. The topological polar surface area (TPSA) is 25.2 Å². The molecule has 0 spiro atoms. The lowest BCUT2D eigenvalue weighted by Gasteiger charge is -2.10. The van der Waals surface area contributed by atoms with E-state index in [0.717, 1.165) is 17.7 Å². The van der Waals surface area contributed by atoms with E-state index in [0.29, 0.717) is 23.6 Å². The fourth-order valence-corrected chi connectivity index (χ4v) is 1.86. The molecule has 2 aromatic rings. The van der Waals surface area contributed by atoms with Crippen LogP contribution in [-0.2, 0) is 12.7 Å². The lowest BCUT2D eigenvalue weighted by molar-refractivity contribution is -0.137. The number of hydrogen-bond acceptors (Lipinski definition) is 2. The Kier molecular flexibility index (Phi) is 3.66. The Morgan fingerprint density at radius 3 is 2.53 bits per heavy atom. The van der Waals surface area contributed by atoms with Crippen molar-refractivity contribution in [2.75, 3.05) is 7.05 Å². The van der Waals surface area contributed by atoms with Crippen molar-refractivity contribution in [2.24, 2.45) is 0 Å². The van der Waals surface area contributed by atoms with Gasteiger partial charge in [-0.15, -0.1) is 0 Å². The summed E-state index contributed by atoms with van der Waals surface area (Å²) in [6.07, 6.45) is -4.34. The van der Waals surface area contributed by atoms with E-state index in [-0.39, 0.29) is 0 Å². The first kappa shape index (κ1) is 13.7. The molecule has 0 unspecified atom stereocenters. The molecular formula is C14H14F3NO. The predicted molar refractivity (Wildman–Crippen MR) is 66.6 cm³/mol. The highest BCUT2D eigenvalue weighted by atomic mass is 19.4. The van der Waals surface area contributed by atoms with Crippen LogP contribution in [0.5, 0.6) is 0 Å². The molecule has 0 atom stereocenters. The highest BCUT2D eigenvalue weighted by molar-refractivity contribution is 5.63. The van der Waals surface area contributed by atoms with Gasteiger partial charge in [-0.05, 0) is 43.8 Å². The minimum Gasteiger partial charge on any atom is -0.460 e. The predicted octanol–water partition coefficient (Wildman–Crippen LogP) is 3.99. The molecule has 2 nitrogen and oxygen atoms in total. The summed E-state index contributed by atoms with van der Waals surface area (Å²) in [7, 11) is 1.78. The summed E-state index contributed by atoms with van der Waals surface area (Å²) < 4.78 is 43.6. The van der Waals surface area contributed by atoms with Crippen molar-refractivity contribution in [1.82, 2.24) is 5.32 Å². The molecule has 0 aliphatic carbocycles. The van der Waals surface area contributed by atoms with Crippen LogP contribution in [0.25, 0.3) is 11.3 Å². The maximum absolute atomic E-state index is 12.7. The molecule has 0 saturated carbocycles. The van der Waals surface area contributed by atoms with Gasteiger partial charge in [0.2, 0.25) is 0 Å². The minimum absolute atomic E-state index is 0.453. The first-order chi connectivity index (χ1) is 8.91. The molecule has 102 valence electrons. The van der Waals surface area contributed by atoms with Crippen LogP contribution in [-0.4, -0.2) is 7.05 Å². The molecule has 1 aromatic carbocycles. The summed E-state index contributed by atoms with van der Waals surface area (Å²) in [5.41, 5.74) is 0.551. The third kappa shape index (κ3) is 2.98. The molecular weight excluding hydrogens is 255 g/mol. The van der Waals surface area contributed by atoms with Gasteiger partial charge in [0.05, 0.1) is 12.1 Å². The first-order valence-corrected chi connectivity index (χ1v) is 5.83. The maximum atomic E-state index is 12.7. The summed E-state index contributed by atoms with van der Waals surface area (Å²) in [4.78, 5) is 0. The second-order valence-electron chi connectivity index (χ2n) is 4.32. The Hall–Kier alpha value is -1.75. The number of aryl methyl sites for hydroxylation is 1. The largest absolute Gasteiger partial charge is 0.460 e. The summed E-state index contributed by atoms with van der Waals surface area (Å²) in [5, 5.41) is 2.93. The summed E-state index contributed by atoms with van der Waals surface area (Å²) in [5.74, 6) is 1.14. The van der Waals surface area contributed by atoms with Crippen molar-refractivity contribution in [3.05, 3.63) is 47.2 Å². The van der Waals surface area contributed by atoms with E-state index < -0.39 is 11.7 Å². The third-order valence-corrected chi connectivity index (χ3v) is 2.84. The number of alkyl halides is 3. The van der Waals surface area contributed by atoms with Gasteiger partial charge in [0.15, 0.2) is 0 Å². The SMILES string of the molecule is CNCc1ccc(-c2cc(C(F)(F)F)ccc2C)o1. The van der Waals surface area contributed by atoms with E-state index in [1.54, 1.807) is 26.1 Å². The average molecular weight is 269 g/mol. The van der Waals surface area contributed by atoms with Gasteiger partial charge >= 0.3 is 6.18 Å². The molecule has 0 saturated heterocycles. The molecule has 5 heteroatoms. The van der Waals surface area contributed by atoms with Crippen LogP contribution in [0.2, 0.25) is 0 Å². The van der Waals surface area contributed by atoms with Gasteiger partial charge in [-0.25, -0.2) is 0 Å². The molecule has 19 heavy (non-hydrogen) atoms. The third-order valence-electron chi connectivity index (χ3n) is 2.84. The molecule has 1 aromatic heterocycles. The van der Waals surface area contributed by atoms with Crippen molar-refractivity contribution in [1.29, 1.82) is 0 Å². The Bertz CT molecular complexity index is 572. The van der Waals surface area contributed by atoms with Crippen LogP contribution < -0.4 is 5.32 Å². The molecule has 0 radical (unpaired) electrons. The van der Waals surface area contributed by atoms with E-state index in [2.05, 4.69) is 5.32 Å². The second-order valence-corrected chi connectivity index (χ2v) is 4.32. The molecule has 0 fully saturated rings. The molecule has 0 aliphatic heterocycles. The van der Waals surface area contributed by atoms with E-state index in [1.165, 1.54) is 6.07 Å². The van der Waals surface area contributed by atoms with Gasteiger partial charge in [0.25, 0.3) is 0 Å². The summed E-state index contributed by atoms with van der Waals surface area (Å²) >= 11 is 0. The van der Waals surface area contributed by atoms with Crippen molar-refractivity contribution in [3.8, 4) is 11.3 Å². The standard InChI is InChI=1S/C14H14F3NO/c1-9-3-4-10(14(15,16)17)7-12(9)13-6-5-11(19-13)8-18-2/h3-7,18H,8H2,1-2H3. The smallest absolute Gasteiger partial charge is 0.416 e. The molecule has 0 aliphatic rings. The Morgan fingerprint density at radius 1 is 1.16 bits per heavy atom. The first-order valence-electron chi connectivity index (χ1n) is 5.83. The van der Waals surface area contributed by atoms with Crippen LogP contribution in [0.15, 0.2) is 34.7 Å². The van der Waals surface area contributed by atoms with Crippen LogP contribution in [0.1, 0.15) is 16.9 Å². The van der Waals surface area contributed by atoms with Crippen molar-refractivity contribution < 1.29 is 17.6 Å². The minimum atomic E-state index is -4.34. The molecule has 1 N–H and O–H groups in total. The fraction of sp³-hybridized carbons (Fsp3) is 0.286. The Balaban J connectivity index is 2.42. The molecule has 0 bridgehead atoms. The van der Waals surface area contributed by atoms with Crippen LogP contribution in [0, 0.1) is 6.92 Å². The number of benzene rings is 1. The highest BCUT2D eigenvalue weighted by Gasteiger charge is 2.31. The van der Waals surface area contributed by atoms with Crippen LogP contribution >= 0.6 is 0 Å². The monoisotopic (exact) mass is 269 g/mol. The average Bonchev–Trinajstić information content (AvgIpc) is 2.77. The fourth-order valence-electron chi connectivity index (χ4n) is 1.86. The number of furan rings is 1. The number of rotatable bonds is 3. The normalized spacial score (nSPS) is 11.8. The summed E-state index contributed by atoms with van der Waals surface area (Å²) in [6, 6.07) is 7.10. The van der Waals surface area contributed by atoms with Gasteiger partial charge in [-0.2, -0.15) is 13.2 Å². The zero-order valence-electron chi connectivity index (χ0n) is 10.6. The van der Waals surface area contributed by atoms with E-state index in [4.69, 9.17) is 4.42 Å². The van der Waals surface area contributed by atoms with Gasteiger partial charge < -0.3 is 9.73 Å². The van der Waals surface area contributed by atoms with E-state index in [9.17, 15) is 13.2 Å². The molecule has 0 amide bonds. The van der Waals surface area contributed by atoms with E-state index in [1.807, 2.05) is 0 Å². The summed E-state index contributed by atoms with van der Waals surface area (Å²) in [6.45, 7) is 2.30. The zero-order chi connectivity index (χ0) is 14.0. The second kappa shape index (κ2) is 5.09. The maximum Gasteiger partial charge on any atom is 0.416 e. The Labute approximate surface area is 109 Å². The van der Waals surface area contributed by atoms with Crippen molar-refractivity contribution in [2.45, 2.75) is 19.6 Å². The quantitative estimate of drug-likeness (QED) is 0.911. The van der Waals surface area contributed by atoms with Gasteiger partial charge in [-0.1, -0.05) is 6.07 Å². The molecule has 1 heterocycles. The number of halogens is 3. The van der Waals surface area contributed by atoms with Gasteiger partial charge in [0.1, 0.15) is 11.5 Å². The van der Waals surface area contributed by atoms with Crippen molar-refractivity contribution in [3.63, 3.8) is 0 Å². The lowest BCUT2D eigenvalue weighted by atomic mass is 10.0.